The highest BCUT2D eigenvalue weighted by Crippen LogP contribution is 2.20. The molecule has 1 aromatic rings. The van der Waals surface area contributed by atoms with Crippen LogP contribution in [-0.4, -0.2) is 28.0 Å². The molecule has 0 saturated carbocycles. The van der Waals surface area contributed by atoms with E-state index in [-0.39, 0.29) is 23.6 Å². The average molecular weight is 247 g/mol. The number of para-hydroxylation sites is 1. The van der Waals surface area contributed by atoms with E-state index in [4.69, 9.17) is 0 Å². The van der Waals surface area contributed by atoms with Crippen molar-refractivity contribution in [3.63, 3.8) is 0 Å². The van der Waals surface area contributed by atoms with Gasteiger partial charge >= 0.3 is 0 Å². The van der Waals surface area contributed by atoms with E-state index in [1.807, 2.05) is 26.8 Å². The third-order valence-corrected chi connectivity index (χ3v) is 2.76. The van der Waals surface area contributed by atoms with E-state index in [1.165, 1.54) is 0 Å². The van der Waals surface area contributed by atoms with Gasteiger partial charge in [0.05, 0.1) is 6.42 Å². The fourth-order valence-electron chi connectivity index (χ4n) is 1.80. The summed E-state index contributed by atoms with van der Waals surface area (Å²) in [6.45, 7) is 10.1. The van der Waals surface area contributed by atoms with Gasteiger partial charge in [-0.2, -0.15) is 0 Å². The first kappa shape index (κ1) is 14.3. The number of aromatic hydroxyl groups is 1. The zero-order valence-corrected chi connectivity index (χ0v) is 11.3. The molecule has 1 aromatic carbocycles. The third-order valence-electron chi connectivity index (χ3n) is 2.76. The molecule has 0 heterocycles. The van der Waals surface area contributed by atoms with Crippen molar-refractivity contribution in [1.82, 2.24) is 4.90 Å². The minimum Gasteiger partial charge on any atom is -0.508 e. The Hall–Kier alpha value is -1.77. The maximum absolute atomic E-state index is 12.3. The minimum atomic E-state index is -0.254. The second-order valence-corrected chi connectivity index (χ2v) is 5.27. The van der Waals surface area contributed by atoms with E-state index in [2.05, 4.69) is 6.58 Å². The van der Waals surface area contributed by atoms with Crippen molar-refractivity contribution >= 4 is 5.91 Å². The molecule has 0 radical (unpaired) electrons. The highest BCUT2D eigenvalue weighted by atomic mass is 16.3. The summed E-state index contributed by atoms with van der Waals surface area (Å²) in [5.41, 5.74) is 0.399. The number of amides is 1. The van der Waals surface area contributed by atoms with Crippen LogP contribution in [0.25, 0.3) is 0 Å². The Morgan fingerprint density at radius 2 is 2.00 bits per heavy atom. The van der Waals surface area contributed by atoms with Crippen molar-refractivity contribution in [2.75, 3.05) is 6.54 Å². The third kappa shape index (κ3) is 3.62. The van der Waals surface area contributed by atoms with Crippen LogP contribution >= 0.6 is 0 Å². The van der Waals surface area contributed by atoms with Crippen molar-refractivity contribution in [3.05, 3.63) is 42.5 Å². The Labute approximate surface area is 109 Å². The normalized spacial score (nSPS) is 11.1. The molecule has 3 nitrogen and oxygen atoms in total. The maximum atomic E-state index is 12.3. The summed E-state index contributed by atoms with van der Waals surface area (Å²) in [7, 11) is 0. The molecule has 18 heavy (non-hydrogen) atoms. The van der Waals surface area contributed by atoms with E-state index < -0.39 is 0 Å². The Bertz CT molecular complexity index is 432. The van der Waals surface area contributed by atoms with Gasteiger partial charge in [-0.05, 0) is 26.8 Å². The minimum absolute atomic E-state index is 0.0103. The van der Waals surface area contributed by atoms with E-state index in [0.29, 0.717) is 12.1 Å². The number of hydrogen-bond donors (Lipinski definition) is 1. The molecule has 0 saturated heterocycles. The van der Waals surface area contributed by atoms with Crippen molar-refractivity contribution in [3.8, 4) is 5.75 Å². The standard InChI is InChI=1S/C15H21NO2/c1-5-10-16(15(2,3)4)14(18)11-12-8-6-7-9-13(12)17/h5-9,17H,1,10-11H2,2-4H3. The van der Waals surface area contributed by atoms with Gasteiger partial charge in [-0.3, -0.25) is 4.79 Å². The number of carbonyl (C=O) groups is 1. The smallest absolute Gasteiger partial charge is 0.227 e. The molecule has 3 heteroatoms. The summed E-state index contributed by atoms with van der Waals surface area (Å²) in [4.78, 5) is 14.0. The second-order valence-electron chi connectivity index (χ2n) is 5.27. The number of nitrogens with zero attached hydrogens (tertiary/aromatic N) is 1. The number of rotatable bonds is 4. The van der Waals surface area contributed by atoms with Crippen molar-refractivity contribution in [2.45, 2.75) is 32.7 Å². The van der Waals surface area contributed by atoms with Crippen LogP contribution in [0.3, 0.4) is 0 Å². The highest BCUT2D eigenvalue weighted by Gasteiger charge is 2.25. The lowest BCUT2D eigenvalue weighted by Crippen LogP contribution is -2.46. The second kappa shape index (κ2) is 5.71. The molecule has 0 bridgehead atoms. The highest BCUT2D eigenvalue weighted by molar-refractivity contribution is 5.80. The predicted molar refractivity (Wildman–Crippen MR) is 73.5 cm³/mol. The Morgan fingerprint density at radius 1 is 1.39 bits per heavy atom. The summed E-state index contributed by atoms with van der Waals surface area (Å²) >= 11 is 0. The molecule has 1 rings (SSSR count). The van der Waals surface area contributed by atoms with E-state index in [1.54, 1.807) is 29.2 Å². The van der Waals surface area contributed by atoms with E-state index >= 15 is 0 Å². The van der Waals surface area contributed by atoms with E-state index in [9.17, 15) is 9.90 Å². The lowest BCUT2D eigenvalue weighted by atomic mass is 10.0. The van der Waals surface area contributed by atoms with Crippen molar-refractivity contribution in [2.24, 2.45) is 0 Å². The molecule has 0 aliphatic heterocycles. The fourth-order valence-corrected chi connectivity index (χ4v) is 1.80. The molecule has 0 aliphatic carbocycles. The molecule has 0 fully saturated rings. The first-order valence-electron chi connectivity index (χ1n) is 6.04. The lowest BCUT2D eigenvalue weighted by molar-refractivity contribution is -0.134. The predicted octanol–water partition coefficient (Wildman–Crippen LogP) is 2.75. The van der Waals surface area contributed by atoms with Gasteiger partial charge in [0.2, 0.25) is 5.91 Å². The SMILES string of the molecule is C=CCN(C(=O)Cc1ccccc1O)C(C)(C)C. The zero-order valence-electron chi connectivity index (χ0n) is 11.3. The van der Waals surface area contributed by atoms with Crippen molar-refractivity contribution in [1.29, 1.82) is 0 Å². The molecule has 0 atom stereocenters. The van der Waals surface area contributed by atoms with Gasteiger partial charge in [-0.1, -0.05) is 24.3 Å². The fraction of sp³-hybridized carbons (Fsp3) is 0.400. The van der Waals surface area contributed by atoms with Gasteiger partial charge in [0, 0.05) is 17.6 Å². The van der Waals surface area contributed by atoms with Gasteiger partial charge in [-0.25, -0.2) is 0 Å². The van der Waals surface area contributed by atoms with Crippen LogP contribution in [0.2, 0.25) is 0 Å². The average Bonchev–Trinajstić information content (AvgIpc) is 2.27. The number of benzene rings is 1. The Kier molecular flexibility index (Phi) is 4.54. The lowest BCUT2D eigenvalue weighted by Gasteiger charge is -2.35. The van der Waals surface area contributed by atoms with Gasteiger partial charge in [-0.15, -0.1) is 6.58 Å². The van der Waals surface area contributed by atoms with E-state index in [0.717, 1.165) is 0 Å². The molecule has 0 aromatic heterocycles. The van der Waals surface area contributed by atoms with Crippen LogP contribution in [-0.2, 0) is 11.2 Å². The maximum Gasteiger partial charge on any atom is 0.227 e. The van der Waals surface area contributed by atoms with Crippen LogP contribution in [0.4, 0.5) is 0 Å². The van der Waals surface area contributed by atoms with Gasteiger partial charge in [0.1, 0.15) is 5.75 Å². The molecule has 1 N–H and O–H groups in total. The number of phenols is 1. The molecule has 0 spiro atoms. The summed E-state index contributed by atoms with van der Waals surface area (Å²) in [6, 6.07) is 6.92. The van der Waals surface area contributed by atoms with Crippen LogP contribution in [0, 0.1) is 0 Å². The zero-order chi connectivity index (χ0) is 13.8. The van der Waals surface area contributed by atoms with Crippen LogP contribution in [0.15, 0.2) is 36.9 Å². The van der Waals surface area contributed by atoms with Gasteiger partial charge in [0.25, 0.3) is 0 Å². The largest absolute Gasteiger partial charge is 0.508 e. The molecule has 1 amide bonds. The summed E-state index contributed by atoms with van der Waals surface area (Å²) in [5, 5.41) is 9.68. The van der Waals surface area contributed by atoms with Gasteiger partial charge < -0.3 is 10.0 Å². The number of hydrogen-bond acceptors (Lipinski definition) is 2. The van der Waals surface area contributed by atoms with Crippen LogP contribution < -0.4 is 0 Å². The molecular weight excluding hydrogens is 226 g/mol. The monoisotopic (exact) mass is 247 g/mol. The number of carbonyl (C=O) groups excluding carboxylic acids is 1. The first-order chi connectivity index (χ1) is 8.36. The topological polar surface area (TPSA) is 40.5 Å². The molecule has 98 valence electrons. The van der Waals surface area contributed by atoms with Crippen molar-refractivity contribution < 1.29 is 9.90 Å². The Balaban J connectivity index is 2.86. The summed E-state index contributed by atoms with van der Waals surface area (Å²) in [5.74, 6) is 0.155. The number of phenolic OH excluding ortho intramolecular Hbond substituents is 1. The Morgan fingerprint density at radius 3 is 2.50 bits per heavy atom. The van der Waals surface area contributed by atoms with Crippen LogP contribution in [0.1, 0.15) is 26.3 Å². The summed E-state index contributed by atoms with van der Waals surface area (Å²) in [6.07, 6.45) is 1.92. The van der Waals surface area contributed by atoms with Gasteiger partial charge in [0.15, 0.2) is 0 Å². The molecule has 0 unspecified atom stereocenters. The molecular formula is C15H21NO2. The summed E-state index contributed by atoms with van der Waals surface area (Å²) < 4.78 is 0. The first-order valence-corrected chi connectivity index (χ1v) is 6.04. The quantitative estimate of drug-likeness (QED) is 0.831. The van der Waals surface area contributed by atoms with Crippen LogP contribution in [0.5, 0.6) is 5.75 Å². The molecule has 0 aliphatic rings.